The third-order valence-electron chi connectivity index (χ3n) is 5.21. The van der Waals surface area contributed by atoms with Gasteiger partial charge in [0.25, 0.3) is 5.91 Å². The van der Waals surface area contributed by atoms with Gasteiger partial charge in [-0.25, -0.2) is 0 Å². The molecule has 0 bridgehead atoms. The lowest BCUT2D eigenvalue weighted by Crippen LogP contribution is -2.49. The van der Waals surface area contributed by atoms with E-state index in [0.717, 1.165) is 19.4 Å². The van der Waals surface area contributed by atoms with Crippen LogP contribution in [0.15, 0.2) is 24.3 Å². The summed E-state index contributed by atoms with van der Waals surface area (Å²) in [7, 11) is 0. The number of likely N-dealkylation sites (tertiary alicyclic amines) is 1. The van der Waals surface area contributed by atoms with Gasteiger partial charge in [-0.05, 0) is 41.9 Å². The number of rotatable bonds is 5. The second-order valence-electron chi connectivity index (χ2n) is 8.44. The van der Waals surface area contributed by atoms with Gasteiger partial charge in [0.05, 0.1) is 0 Å². The molecule has 1 aromatic rings. The van der Waals surface area contributed by atoms with Crippen molar-refractivity contribution in [3.63, 3.8) is 0 Å². The number of piperidine rings is 1. The van der Waals surface area contributed by atoms with Gasteiger partial charge in [0, 0.05) is 37.7 Å². The van der Waals surface area contributed by atoms with Gasteiger partial charge in [-0.1, -0.05) is 39.8 Å². The molecule has 152 valence electrons. The van der Waals surface area contributed by atoms with Crippen molar-refractivity contribution in [3.05, 3.63) is 35.4 Å². The Bertz CT molecular complexity index is 625. The first-order valence-corrected chi connectivity index (χ1v) is 9.60. The number of carbonyl (C=O) groups excluding carboxylic acids is 2. The van der Waals surface area contributed by atoms with E-state index in [9.17, 15) is 9.59 Å². The van der Waals surface area contributed by atoms with E-state index in [4.69, 9.17) is 5.73 Å². The molecule has 1 heterocycles. The highest BCUT2D eigenvalue weighted by Gasteiger charge is 2.28. The Morgan fingerprint density at radius 1 is 1.22 bits per heavy atom. The number of amides is 2. The van der Waals surface area contributed by atoms with Crippen molar-refractivity contribution in [3.8, 4) is 0 Å². The third-order valence-corrected chi connectivity index (χ3v) is 5.21. The standard InChI is InChI=1S/C21H33N3O2.ClH/c1-15-10-12-24(18(13-15)14-22)19(25)9-11-23-20(26)16-5-7-17(8-6-16)21(2,3)4;/h5-8,15,18H,9-14,22H2,1-4H3,(H,23,26);1H. The summed E-state index contributed by atoms with van der Waals surface area (Å²) >= 11 is 0. The van der Waals surface area contributed by atoms with E-state index in [2.05, 4.69) is 33.0 Å². The summed E-state index contributed by atoms with van der Waals surface area (Å²) in [5.74, 6) is 0.556. The second kappa shape index (κ2) is 10.1. The molecular weight excluding hydrogens is 362 g/mol. The quantitative estimate of drug-likeness (QED) is 0.804. The van der Waals surface area contributed by atoms with Gasteiger partial charge >= 0.3 is 0 Å². The van der Waals surface area contributed by atoms with Crippen LogP contribution < -0.4 is 11.1 Å². The predicted molar refractivity (Wildman–Crippen MR) is 112 cm³/mol. The molecule has 2 rings (SSSR count). The number of hydrogen-bond acceptors (Lipinski definition) is 3. The highest BCUT2D eigenvalue weighted by Crippen LogP contribution is 2.23. The maximum Gasteiger partial charge on any atom is 0.251 e. The lowest BCUT2D eigenvalue weighted by atomic mass is 9.87. The first-order chi connectivity index (χ1) is 12.2. The molecule has 1 fully saturated rings. The summed E-state index contributed by atoms with van der Waals surface area (Å²) in [6.07, 6.45) is 2.31. The van der Waals surface area contributed by atoms with Gasteiger partial charge < -0.3 is 16.0 Å². The fourth-order valence-corrected chi connectivity index (χ4v) is 3.45. The molecule has 5 nitrogen and oxygen atoms in total. The van der Waals surface area contributed by atoms with Crippen molar-refractivity contribution >= 4 is 24.2 Å². The molecule has 27 heavy (non-hydrogen) atoms. The van der Waals surface area contributed by atoms with E-state index in [1.54, 1.807) is 0 Å². The summed E-state index contributed by atoms with van der Waals surface area (Å²) in [4.78, 5) is 26.6. The number of carbonyl (C=O) groups is 2. The molecule has 2 atom stereocenters. The van der Waals surface area contributed by atoms with Crippen molar-refractivity contribution in [2.24, 2.45) is 11.7 Å². The Hall–Kier alpha value is -1.59. The van der Waals surface area contributed by atoms with Crippen molar-refractivity contribution < 1.29 is 9.59 Å². The van der Waals surface area contributed by atoms with Gasteiger partial charge in [-0.2, -0.15) is 0 Å². The van der Waals surface area contributed by atoms with Crippen LogP contribution >= 0.6 is 12.4 Å². The van der Waals surface area contributed by atoms with E-state index in [0.29, 0.717) is 31.0 Å². The summed E-state index contributed by atoms with van der Waals surface area (Å²) < 4.78 is 0. The molecule has 1 saturated heterocycles. The van der Waals surface area contributed by atoms with Crippen molar-refractivity contribution in [1.29, 1.82) is 0 Å². The van der Waals surface area contributed by atoms with Crippen LogP contribution in [-0.2, 0) is 10.2 Å². The fraction of sp³-hybridized carbons (Fsp3) is 0.619. The van der Waals surface area contributed by atoms with Gasteiger partial charge in [0.2, 0.25) is 5.91 Å². The summed E-state index contributed by atoms with van der Waals surface area (Å²) in [5, 5.41) is 2.85. The average Bonchev–Trinajstić information content (AvgIpc) is 2.60. The van der Waals surface area contributed by atoms with E-state index in [-0.39, 0.29) is 35.7 Å². The molecule has 0 spiro atoms. The Morgan fingerprint density at radius 3 is 2.41 bits per heavy atom. The van der Waals surface area contributed by atoms with Crippen LogP contribution in [0, 0.1) is 5.92 Å². The van der Waals surface area contributed by atoms with Crippen LogP contribution in [0.25, 0.3) is 0 Å². The van der Waals surface area contributed by atoms with Crippen LogP contribution in [0.2, 0.25) is 0 Å². The van der Waals surface area contributed by atoms with Crippen LogP contribution in [0.3, 0.4) is 0 Å². The Kier molecular flexibility index (Phi) is 8.76. The molecule has 0 saturated carbocycles. The number of nitrogens with zero attached hydrogens (tertiary/aromatic N) is 1. The molecule has 1 aliphatic heterocycles. The highest BCUT2D eigenvalue weighted by atomic mass is 35.5. The van der Waals surface area contributed by atoms with Crippen molar-refractivity contribution in [1.82, 2.24) is 10.2 Å². The number of benzene rings is 1. The normalized spacial score (nSPS) is 20.0. The Balaban J connectivity index is 0.00000364. The lowest BCUT2D eigenvalue weighted by molar-refractivity contribution is -0.135. The van der Waals surface area contributed by atoms with E-state index in [1.165, 1.54) is 5.56 Å². The molecule has 2 amide bonds. The minimum Gasteiger partial charge on any atom is -0.352 e. The van der Waals surface area contributed by atoms with Crippen LogP contribution in [0.4, 0.5) is 0 Å². The number of nitrogens with one attached hydrogen (secondary N) is 1. The predicted octanol–water partition coefficient (Wildman–Crippen LogP) is 3.11. The monoisotopic (exact) mass is 395 g/mol. The van der Waals surface area contributed by atoms with Gasteiger partial charge in [-0.15, -0.1) is 12.4 Å². The van der Waals surface area contributed by atoms with E-state index < -0.39 is 0 Å². The maximum atomic E-state index is 12.5. The molecule has 3 N–H and O–H groups in total. The second-order valence-corrected chi connectivity index (χ2v) is 8.44. The van der Waals surface area contributed by atoms with Crippen LogP contribution in [0.5, 0.6) is 0 Å². The molecule has 0 aliphatic carbocycles. The minimum atomic E-state index is -0.138. The van der Waals surface area contributed by atoms with Crippen LogP contribution in [-0.4, -0.2) is 42.4 Å². The zero-order valence-corrected chi connectivity index (χ0v) is 17.8. The maximum absolute atomic E-state index is 12.5. The minimum absolute atomic E-state index is 0. The molecule has 1 aromatic carbocycles. The fourth-order valence-electron chi connectivity index (χ4n) is 3.45. The van der Waals surface area contributed by atoms with E-state index >= 15 is 0 Å². The topological polar surface area (TPSA) is 75.4 Å². The molecule has 6 heteroatoms. The molecular formula is C21H34ClN3O2. The zero-order chi connectivity index (χ0) is 19.3. The molecule has 0 aromatic heterocycles. The molecule has 1 aliphatic rings. The SMILES string of the molecule is CC1CCN(C(=O)CCNC(=O)c2ccc(C(C)(C)C)cc2)C(CN)C1.Cl. The molecule has 0 radical (unpaired) electrons. The highest BCUT2D eigenvalue weighted by molar-refractivity contribution is 5.94. The number of hydrogen-bond donors (Lipinski definition) is 2. The lowest BCUT2D eigenvalue weighted by Gasteiger charge is -2.38. The first-order valence-electron chi connectivity index (χ1n) is 9.60. The summed E-state index contributed by atoms with van der Waals surface area (Å²) in [6, 6.07) is 7.79. The van der Waals surface area contributed by atoms with Crippen LogP contribution in [0.1, 0.15) is 62.9 Å². The van der Waals surface area contributed by atoms with Gasteiger partial charge in [0.15, 0.2) is 0 Å². The zero-order valence-electron chi connectivity index (χ0n) is 17.0. The van der Waals surface area contributed by atoms with Gasteiger partial charge in [-0.3, -0.25) is 9.59 Å². The van der Waals surface area contributed by atoms with Gasteiger partial charge in [0.1, 0.15) is 0 Å². The number of halogens is 1. The Labute approximate surface area is 169 Å². The van der Waals surface area contributed by atoms with Crippen molar-refractivity contribution in [2.45, 2.75) is 58.4 Å². The Morgan fingerprint density at radius 2 is 1.85 bits per heavy atom. The third kappa shape index (κ3) is 6.51. The van der Waals surface area contributed by atoms with E-state index in [1.807, 2.05) is 29.2 Å². The summed E-state index contributed by atoms with van der Waals surface area (Å²) in [6.45, 7) is 10.3. The average molecular weight is 396 g/mol. The first kappa shape index (κ1) is 23.4. The molecule has 2 unspecified atom stereocenters. The smallest absolute Gasteiger partial charge is 0.251 e. The largest absolute Gasteiger partial charge is 0.352 e. The van der Waals surface area contributed by atoms with Crippen molar-refractivity contribution in [2.75, 3.05) is 19.6 Å². The summed E-state index contributed by atoms with van der Waals surface area (Å²) in [5.41, 5.74) is 7.70. The number of nitrogens with two attached hydrogens (primary N) is 1.